The van der Waals surface area contributed by atoms with Gasteiger partial charge in [-0.25, -0.2) is 0 Å². The number of carbonyl (C=O) groups excluding carboxylic acids is 2. The molecule has 2 amide bonds. The summed E-state index contributed by atoms with van der Waals surface area (Å²) in [6, 6.07) is 10.9. The molecule has 0 spiro atoms. The zero-order chi connectivity index (χ0) is 19.3. The average Bonchev–Trinajstić information content (AvgIpc) is 2.58. The van der Waals surface area contributed by atoms with Gasteiger partial charge in [0.05, 0.1) is 4.92 Å². The average molecular weight is 422 g/mol. The highest BCUT2D eigenvalue weighted by molar-refractivity contribution is 9.10. The lowest BCUT2D eigenvalue weighted by Crippen LogP contribution is -2.47. The number of hydrogen-bond acceptors (Lipinski definition) is 5. The number of halogens is 1. The number of aryl methyl sites for hydroxylation is 1. The van der Waals surface area contributed by atoms with Crippen molar-refractivity contribution >= 4 is 33.4 Å². The molecule has 0 saturated heterocycles. The van der Waals surface area contributed by atoms with Crippen LogP contribution in [-0.2, 0) is 4.79 Å². The Labute approximate surface area is 157 Å². The van der Waals surface area contributed by atoms with Crippen LogP contribution in [0.15, 0.2) is 46.9 Å². The van der Waals surface area contributed by atoms with Gasteiger partial charge in [0.15, 0.2) is 6.10 Å². The molecule has 0 aliphatic carbocycles. The second kappa shape index (κ2) is 8.43. The SMILES string of the molecule is Cc1cc(C(=O)NNC(=O)C(C)Oc2cccc(Br)c2)ccc1[N+](=O)[O-]. The first-order chi connectivity index (χ1) is 12.3. The molecular formula is C17H16BrN3O5. The lowest BCUT2D eigenvalue weighted by atomic mass is 10.1. The minimum atomic E-state index is -0.844. The standard InChI is InChI=1S/C17H16BrN3O5/c1-10-8-12(6-7-15(10)21(24)25)17(23)20-19-16(22)11(2)26-14-5-3-4-13(18)9-14/h3-9,11H,1-2H3,(H,19,22)(H,20,23). The number of ether oxygens (including phenoxy) is 1. The third-order valence-corrected chi connectivity index (χ3v) is 3.93. The Bertz CT molecular complexity index is 856. The van der Waals surface area contributed by atoms with Crippen molar-refractivity contribution in [1.29, 1.82) is 0 Å². The van der Waals surface area contributed by atoms with E-state index in [1.54, 1.807) is 25.1 Å². The number of amides is 2. The van der Waals surface area contributed by atoms with Gasteiger partial charge in [0.2, 0.25) is 0 Å². The maximum atomic E-state index is 12.1. The van der Waals surface area contributed by atoms with Crippen LogP contribution in [0.1, 0.15) is 22.8 Å². The summed E-state index contributed by atoms with van der Waals surface area (Å²) in [7, 11) is 0. The number of carbonyl (C=O) groups is 2. The molecule has 1 atom stereocenters. The zero-order valence-electron chi connectivity index (χ0n) is 14.0. The number of nitrogens with one attached hydrogen (secondary N) is 2. The fourth-order valence-corrected chi connectivity index (χ4v) is 2.47. The van der Waals surface area contributed by atoms with Crippen molar-refractivity contribution in [1.82, 2.24) is 10.9 Å². The number of hydrogen-bond donors (Lipinski definition) is 2. The summed E-state index contributed by atoms with van der Waals surface area (Å²) in [5.41, 5.74) is 4.97. The molecule has 2 N–H and O–H groups in total. The summed E-state index contributed by atoms with van der Waals surface area (Å²) < 4.78 is 6.30. The van der Waals surface area contributed by atoms with Gasteiger partial charge in [-0.15, -0.1) is 0 Å². The van der Waals surface area contributed by atoms with E-state index in [4.69, 9.17) is 4.74 Å². The number of benzene rings is 2. The number of rotatable bonds is 5. The van der Waals surface area contributed by atoms with Crippen molar-refractivity contribution < 1.29 is 19.2 Å². The first-order valence-corrected chi connectivity index (χ1v) is 8.34. The van der Waals surface area contributed by atoms with Crippen molar-refractivity contribution in [3.8, 4) is 5.75 Å². The minimum Gasteiger partial charge on any atom is -0.481 e. The van der Waals surface area contributed by atoms with Crippen LogP contribution >= 0.6 is 15.9 Å². The van der Waals surface area contributed by atoms with Crippen LogP contribution in [0.25, 0.3) is 0 Å². The van der Waals surface area contributed by atoms with Gasteiger partial charge in [0, 0.05) is 21.7 Å². The molecule has 0 aliphatic heterocycles. The molecule has 9 heteroatoms. The molecule has 2 rings (SSSR count). The maximum absolute atomic E-state index is 12.1. The first-order valence-electron chi connectivity index (χ1n) is 7.55. The summed E-state index contributed by atoms with van der Waals surface area (Å²) >= 11 is 3.30. The molecule has 136 valence electrons. The molecule has 0 fully saturated rings. The molecule has 1 unspecified atom stereocenters. The quantitative estimate of drug-likeness (QED) is 0.569. The fraction of sp³-hybridized carbons (Fsp3) is 0.176. The van der Waals surface area contributed by atoms with Gasteiger partial charge in [0.1, 0.15) is 5.75 Å². The van der Waals surface area contributed by atoms with Crippen molar-refractivity contribution in [2.45, 2.75) is 20.0 Å². The van der Waals surface area contributed by atoms with Gasteiger partial charge in [0.25, 0.3) is 17.5 Å². The first kappa shape index (κ1) is 19.4. The van der Waals surface area contributed by atoms with Crippen molar-refractivity contribution in [3.05, 3.63) is 68.2 Å². The number of nitro groups is 1. The summed E-state index contributed by atoms with van der Waals surface area (Å²) in [6.45, 7) is 3.07. The topological polar surface area (TPSA) is 111 Å². The summed E-state index contributed by atoms with van der Waals surface area (Å²) in [5.74, 6) is -0.637. The Hall–Kier alpha value is -2.94. The summed E-state index contributed by atoms with van der Waals surface area (Å²) in [6.07, 6.45) is -0.844. The van der Waals surface area contributed by atoms with E-state index in [2.05, 4.69) is 26.8 Å². The maximum Gasteiger partial charge on any atom is 0.279 e. The van der Waals surface area contributed by atoms with E-state index in [-0.39, 0.29) is 11.3 Å². The van der Waals surface area contributed by atoms with Crippen LogP contribution in [0.3, 0.4) is 0 Å². The largest absolute Gasteiger partial charge is 0.481 e. The molecule has 8 nitrogen and oxygen atoms in total. The summed E-state index contributed by atoms with van der Waals surface area (Å²) in [5, 5.41) is 10.8. The number of nitro benzene ring substituents is 1. The van der Waals surface area contributed by atoms with Gasteiger partial charge in [-0.3, -0.25) is 30.6 Å². The van der Waals surface area contributed by atoms with Crippen LogP contribution in [0.4, 0.5) is 5.69 Å². The molecule has 0 radical (unpaired) electrons. The van der Waals surface area contributed by atoms with E-state index < -0.39 is 22.8 Å². The highest BCUT2D eigenvalue weighted by Gasteiger charge is 2.17. The molecule has 0 aromatic heterocycles. The third-order valence-electron chi connectivity index (χ3n) is 3.43. The van der Waals surface area contributed by atoms with E-state index >= 15 is 0 Å². The molecular weight excluding hydrogens is 406 g/mol. The Morgan fingerprint density at radius 2 is 1.92 bits per heavy atom. The number of nitrogens with zero attached hydrogens (tertiary/aromatic N) is 1. The third kappa shape index (κ3) is 5.03. The second-order valence-corrected chi connectivity index (χ2v) is 6.33. The van der Waals surface area contributed by atoms with Gasteiger partial charge >= 0.3 is 0 Å². The van der Waals surface area contributed by atoms with Crippen LogP contribution in [-0.4, -0.2) is 22.8 Å². The van der Waals surface area contributed by atoms with Crippen molar-refractivity contribution in [2.24, 2.45) is 0 Å². The summed E-state index contributed by atoms with van der Waals surface area (Å²) in [4.78, 5) is 34.4. The van der Waals surface area contributed by atoms with Crippen molar-refractivity contribution in [3.63, 3.8) is 0 Å². The molecule has 2 aromatic rings. The fourth-order valence-electron chi connectivity index (χ4n) is 2.09. The Morgan fingerprint density at radius 1 is 1.19 bits per heavy atom. The molecule has 0 heterocycles. The van der Waals surface area contributed by atoms with Gasteiger partial charge in [-0.1, -0.05) is 22.0 Å². The highest BCUT2D eigenvalue weighted by atomic mass is 79.9. The molecule has 2 aromatic carbocycles. The Balaban J connectivity index is 1.93. The molecule has 26 heavy (non-hydrogen) atoms. The van der Waals surface area contributed by atoms with Gasteiger partial charge in [-0.2, -0.15) is 0 Å². The normalized spacial score (nSPS) is 11.3. The lowest BCUT2D eigenvalue weighted by molar-refractivity contribution is -0.385. The second-order valence-electron chi connectivity index (χ2n) is 5.42. The monoisotopic (exact) mass is 421 g/mol. The van der Waals surface area contributed by atoms with Crippen LogP contribution in [0, 0.1) is 17.0 Å². The van der Waals surface area contributed by atoms with E-state index in [0.717, 1.165) is 4.47 Å². The molecule has 0 saturated carbocycles. The van der Waals surface area contributed by atoms with E-state index in [1.807, 2.05) is 6.07 Å². The zero-order valence-corrected chi connectivity index (χ0v) is 15.6. The van der Waals surface area contributed by atoms with Crippen LogP contribution < -0.4 is 15.6 Å². The number of hydrazine groups is 1. The van der Waals surface area contributed by atoms with E-state index in [0.29, 0.717) is 11.3 Å². The highest BCUT2D eigenvalue weighted by Crippen LogP contribution is 2.19. The van der Waals surface area contributed by atoms with Gasteiger partial charge in [-0.05, 0) is 44.2 Å². The van der Waals surface area contributed by atoms with Gasteiger partial charge < -0.3 is 4.74 Å². The van der Waals surface area contributed by atoms with Crippen LogP contribution in [0.5, 0.6) is 5.75 Å². The lowest BCUT2D eigenvalue weighted by Gasteiger charge is -2.15. The van der Waals surface area contributed by atoms with Crippen LogP contribution in [0.2, 0.25) is 0 Å². The predicted octanol–water partition coefficient (Wildman–Crippen LogP) is 2.89. The van der Waals surface area contributed by atoms with E-state index in [1.165, 1.54) is 25.1 Å². The molecule has 0 aliphatic rings. The molecule has 0 bridgehead atoms. The Kier molecular flexibility index (Phi) is 6.29. The van der Waals surface area contributed by atoms with E-state index in [9.17, 15) is 19.7 Å². The predicted molar refractivity (Wildman–Crippen MR) is 97.7 cm³/mol. The minimum absolute atomic E-state index is 0.0818. The van der Waals surface area contributed by atoms with Crippen molar-refractivity contribution in [2.75, 3.05) is 0 Å². The Morgan fingerprint density at radius 3 is 2.54 bits per heavy atom. The smallest absolute Gasteiger partial charge is 0.279 e.